The van der Waals surface area contributed by atoms with Crippen molar-refractivity contribution in [2.24, 2.45) is 4.99 Å². The number of rotatable bonds is 1. The van der Waals surface area contributed by atoms with Crippen molar-refractivity contribution in [1.82, 2.24) is 0 Å². The molecule has 78 valence electrons. The SMILES string of the molecule is CCC1=C(C)N=CC=C(C(F)(F)F)C1. The Labute approximate surface area is 81.0 Å². The molecule has 0 saturated heterocycles. The summed E-state index contributed by atoms with van der Waals surface area (Å²) < 4.78 is 37.2. The average Bonchev–Trinajstić information content (AvgIpc) is 2.25. The van der Waals surface area contributed by atoms with Crippen LogP contribution >= 0.6 is 0 Å². The second-order valence-corrected chi connectivity index (χ2v) is 3.19. The van der Waals surface area contributed by atoms with Crippen LogP contribution in [0.4, 0.5) is 13.2 Å². The van der Waals surface area contributed by atoms with E-state index in [1.165, 1.54) is 6.21 Å². The van der Waals surface area contributed by atoms with Crippen LogP contribution < -0.4 is 0 Å². The maximum Gasteiger partial charge on any atom is 0.413 e. The number of allylic oxidation sites excluding steroid dienone is 4. The first-order valence-electron chi connectivity index (χ1n) is 4.44. The number of hydrogen-bond donors (Lipinski definition) is 0. The Morgan fingerprint density at radius 2 is 2.07 bits per heavy atom. The molecule has 1 nitrogen and oxygen atoms in total. The molecule has 14 heavy (non-hydrogen) atoms. The van der Waals surface area contributed by atoms with Gasteiger partial charge in [0.1, 0.15) is 0 Å². The highest BCUT2D eigenvalue weighted by Gasteiger charge is 2.33. The molecule has 1 rings (SSSR count). The van der Waals surface area contributed by atoms with Gasteiger partial charge in [-0.15, -0.1) is 0 Å². The van der Waals surface area contributed by atoms with Gasteiger partial charge in [0.15, 0.2) is 0 Å². The molecule has 0 aromatic heterocycles. The summed E-state index contributed by atoms with van der Waals surface area (Å²) in [6.45, 7) is 3.58. The Morgan fingerprint density at radius 3 is 2.57 bits per heavy atom. The predicted molar refractivity (Wildman–Crippen MR) is 50.2 cm³/mol. The van der Waals surface area contributed by atoms with Gasteiger partial charge in [-0.3, -0.25) is 4.99 Å². The minimum atomic E-state index is -4.24. The molecule has 0 saturated carbocycles. The molecule has 0 fully saturated rings. The smallest absolute Gasteiger partial charge is 0.262 e. The molecule has 0 aromatic rings. The fraction of sp³-hybridized carbons (Fsp3) is 0.500. The van der Waals surface area contributed by atoms with Gasteiger partial charge < -0.3 is 0 Å². The summed E-state index contributed by atoms with van der Waals surface area (Å²) in [6, 6.07) is 0. The molecule has 0 aliphatic carbocycles. The van der Waals surface area contributed by atoms with Crippen molar-refractivity contribution in [1.29, 1.82) is 0 Å². The predicted octanol–water partition coefficient (Wildman–Crippen LogP) is 3.63. The first-order valence-corrected chi connectivity index (χ1v) is 4.44. The minimum absolute atomic E-state index is 0.0359. The lowest BCUT2D eigenvalue weighted by Crippen LogP contribution is -2.12. The lowest BCUT2D eigenvalue weighted by atomic mass is 10.0. The highest BCUT2D eigenvalue weighted by atomic mass is 19.4. The second kappa shape index (κ2) is 3.98. The van der Waals surface area contributed by atoms with Crippen LogP contribution in [0.1, 0.15) is 26.7 Å². The molecular weight excluding hydrogens is 191 g/mol. The van der Waals surface area contributed by atoms with Crippen LogP contribution in [0.5, 0.6) is 0 Å². The first-order chi connectivity index (χ1) is 6.45. The molecule has 0 amide bonds. The van der Waals surface area contributed by atoms with Gasteiger partial charge in [-0.25, -0.2) is 0 Å². The third kappa shape index (κ3) is 2.47. The van der Waals surface area contributed by atoms with E-state index in [4.69, 9.17) is 0 Å². The van der Waals surface area contributed by atoms with E-state index in [1.807, 2.05) is 6.92 Å². The van der Waals surface area contributed by atoms with Gasteiger partial charge >= 0.3 is 6.18 Å². The van der Waals surface area contributed by atoms with Gasteiger partial charge in [0.25, 0.3) is 0 Å². The van der Waals surface area contributed by atoms with Gasteiger partial charge in [-0.2, -0.15) is 13.2 Å². The van der Waals surface area contributed by atoms with E-state index in [2.05, 4.69) is 4.99 Å². The van der Waals surface area contributed by atoms with E-state index < -0.39 is 11.7 Å². The van der Waals surface area contributed by atoms with E-state index in [1.54, 1.807) is 6.92 Å². The van der Waals surface area contributed by atoms with Crippen LogP contribution in [0.2, 0.25) is 0 Å². The number of aliphatic imine (C=N–C) groups is 1. The van der Waals surface area contributed by atoms with Crippen molar-refractivity contribution in [3.8, 4) is 0 Å². The summed E-state index contributed by atoms with van der Waals surface area (Å²) in [5.41, 5.74) is 0.931. The number of hydrogen-bond acceptors (Lipinski definition) is 1. The Bertz CT molecular complexity index is 308. The lowest BCUT2D eigenvalue weighted by molar-refractivity contribution is -0.0930. The fourth-order valence-corrected chi connectivity index (χ4v) is 1.32. The van der Waals surface area contributed by atoms with Crippen LogP contribution in [-0.2, 0) is 0 Å². The molecule has 0 atom stereocenters. The molecule has 0 unspecified atom stereocenters. The third-order valence-corrected chi connectivity index (χ3v) is 2.25. The van der Waals surface area contributed by atoms with Crippen LogP contribution in [0.25, 0.3) is 0 Å². The summed E-state index contributed by atoms with van der Waals surface area (Å²) in [7, 11) is 0. The quantitative estimate of drug-likeness (QED) is 0.617. The number of halogens is 3. The molecular formula is C10H12F3N. The molecule has 0 bridgehead atoms. The van der Waals surface area contributed by atoms with E-state index in [0.29, 0.717) is 12.1 Å². The van der Waals surface area contributed by atoms with E-state index in [0.717, 1.165) is 11.6 Å². The number of alkyl halides is 3. The first kappa shape index (κ1) is 11.0. The molecule has 4 heteroatoms. The van der Waals surface area contributed by atoms with Crippen molar-refractivity contribution in [2.75, 3.05) is 0 Å². The third-order valence-electron chi connectivity index (χ3n) is 2.25. The highest BCUT2D eigenvalue weighted by Crippen LogP contribution is 2.33. The van der Waals surface area contributed by atoms with Gasteiger partial charge in [0, 0.05) is 23.9 Å². The Hall–Kier alpha value is -1.06. The fourth-order valence-electron chi connectivity index (χ4n) is 1.32. The highest BCUT2D eigenvalue weighted by molar-refractivity contribution is 5.74. The lowest BCUT2D eigenvalue weighted by Gasteiger charge is -2.12. The van der Waals surface area contributed by atoms with E-state index >= 15 is 0 Å². The largest absolute Gasteiger partial charge is 0.413 e. The zero-order chi connectivity index (χ0) is 10.8. The monoisotopic (exact) mass is 203 g/mol. The van der Waals surface area contributed by atoms with Crippen LogP contribution in [0.3, 0.4) is 0 Å². The van der Waals surface area contributed by atoms with Gasteiger partial charge in [-0.05, 0) is 25.0 Å². The average molecular weight is 203 g/mol. The zero-order valence-corrected chi connectivity index (χ0v) is 8.15. The summed E-state index contributed by atoms with van der Waals surface area (Å²) in [6.07, 6.45) is -1.40. The van der Waals surface area contributed by atoms with Crippen LogP contribution in [0.15, 0.2) is 27.9 Å². The van der Waals surface area contributed by atoms with Crippen molar-refractivity contribution >= 4 is 6.21 Å². The second-order valence-electron chi connectivity index (χ2n) is 3.19. The molecule has 0 aromatic carbocycles. The molecule has 1 aliphatic heterocycles. The molecule has 0 N–H and O–H groups in total. The van der Waals surface area contributed by atoms with Crippen LogP contribution in [0, 0.1) is 0 Å². The Kier molecular flexibility index (Phi) is 3.13. The van der Waals surface area contributed by atoms with Gasteiger partial charge in [0.05, 0.1) is 0 Å². The van der Waals surface area contributed by atoms with Crippen molar-refractivity contribution < 1.29 is 13.2 Å². The molecule has 0 radical (unpaired) electrons. The molecule has 0 spiro atoms. The van der Waals surface area contributed by atoms with Gasteiger partial charge in [0.2, 0.25) is 0 Å². The summed E-state index contributed by atoms with van der Waals surface area (Å²) >= 11 is 0. The Balaban J connectivity index is 2.98. The maximum atomic E-state index is 12.4. The van der Waals surface area contributed by atoms with E-state index in [-0.39, 0.29) is 6.42 Å². The van der Waals surface area contributed by atoms with Crippen molar-refractivity contribution in [3.63, 3.8) is 0 Å². The summed E-state index contributed by atoms with van der Waals surface area (Å²) in [4.78, 5) is 3.92. The topological polar surface area (TPSA) is 12.4 Å². The van der Waals surface area contributed by atoms with E-state index in [9.17, 15) is 13.2 Å². The Morgan fingerprint density at radius 1 is 1.43 bits per heavy atom. The molecule has 1 heterocycles. The number of nitrogens with zero attached hydrogens (tertiary/aromatic N) is 1. The van der Waals surface area contributed by atoms with Crippen molar-refractivity contribution in [3.05, 3.63) is 22.9 Å². The van der Waals surface area contributed by atoms with Crippen molar-refractivity contribution in [2.45, 2.75) is 32.9 Å². The minimum Gasteiger partial charge on any atom is -0.262 e. The zero-order valence-electron chi connectivity index (χ0n) is 8.15. The normalized spacial score (nSPS) is 18.2. The maximum absolute atomic E-state index is 12.4. The molecule has 1 aliphatic rings. The van der Waals surface area contributed by atoms with Gasteiger partial charge in [-0.1, -0.05) is 6.92 Å². The standard InChI is InChI=1S/C10H12F3N/c1-3-8-6-9(10(11,12)13)4-5-14-7(8)2/h4-5H,3,6H2,1-2H3. The van der Waals surface area contributed by atoms with Crippen LogP contribution in [-0.4, -0.2) is 12.4 Å². The summed E-state index contributed by atoms with van der Waals surface area (Å²) in [5, 5.41) is 0. The summed E-state index contributed by atoms with van der Waals surface area (Å²) in [5.74, 6) is 0.